The van der Waals surface area contributed by atoms with E-state index in [0.717, 1.165) is 5.69 Å². The highest BCUT2D eigenvalue weighted by Gasteiger charge is 2.30. The van der Waals surface area contributed by atoms with Crippen molar-refractivity contribution in [2.75, 3.05) is 32.9 Å². The summed E-state index contributed by atoms with van der Waals surface area (Å²) in [5.41, 5.74) is 1.29. The molecule has 140 valence electrons. The predicted octanol–water partition coefficient (Wildman–Crippen LogP) is 0.442. The molecular formula is C16H26N4O5. The van der Waals surface area contributed by atoms with Crippen LogP contribution in [0.1, 0.15) is 42.5 Å². The summed E-state index contributed by atoms with van der Waals surface area (Å²) in [5, 5.41) is 18.3. The highest BCUT2D eigenvalue weighted by Crippen LogP contribution is 2.22. The van der Waals surface area contributed by atoms with Crippen molar-refractivity contribution in [1.29, 1.82) is 0 Å². The van der Waals surface area contributed by atoms with E-state index in [0.29, 0.717) is 31.7 Å². The molecular weight excluding hydrogens is 328 g/mol. The Morgan fingerprint density at radius 2 is 2.12 bits per heavy atom. The Balaban J connectivity index is 1.96. The first-order valence-electron chi connectivity index (χ1n) is 8.32. The summed E-state index contributed by atoms with van der Waals surface area (Å²) < 4.78 is 10.5. The van der Waals surface area contributed by atoms with E-state index < -0.39 is 11.7 Å². The molecule has 25 heavy (non-hydrogen) atoms. The Labute approximate surface area is 146 Å². The van der Waals surface area contributed by atoms with Crippen molar-refractivity contribution in [3.8, 4) is 0 Å². The van der Waals surface area contributed by atoms with E-state index in [1.54, 1.807) is 4.90 Å². The molecule has 1 aliphatic heterocycles. The third-order valence-corrected chi connectivity index (χ3v) is 3.57. The highest BCUT2D eigenvalue weighted by atomic mass is 16.6. The molecule has 0 bridgehead atoms. The summed E-state index contributed by atoms with van der Waals surface area (Å²) in [4.78, 5) is 26.1. The normalized spacial score (nSPS) is 14.2. The monoisotopic (exact) mass is 354 g/mol. The number of ether oxygens (including phenoxy) is 2. The van der Waals surface area contributed by atoms with E-state index in [1.807, 2.05) is 20.8 Å². The first-order chi connectivity index (χ1) is 11.8. The minimum atomic E-state index is -0.567. The van der Waals surface area contributed by atoms with Crippen LogP contribution in [0.5, 0.6) is 0 Å². The lowest BCUT2D eigenvalue weighted by Gasteiger charge is -2.30. The second kappa shape index (κ2) is 8.30. The Kier molecular flexibility index (Phi) is 6.38. The number of nitrogens with one attached hydrogen (secondary N) is 2. The molecule has 1 aromatic heterocycles. The van der Waals surface area contributed by atoms with Gasteiger partial charge in [-0.25, -0.2) is 4.79 Å². The van der Waals surface area contributed by atoms with Gasteiger partial charge >= 0.3 is 6.09 Å². The molecule has 0 atom stereocenters. The van der Waals surface area contributed by atoms with E-state index in [2.05, 4.69) is 15.5 Å². The molecule has 0 radical (unpaired) electrons. The zero-order valence-electron chi connectivity index (χ0n) is 14.9. The third kappa shape index (κ3) is 5.43. The maximum Gasteiger partial charge on any atom is 0.410 e. The van der Waals surface area contributed by atoms with Gasteiger partial charge in [-0.15, -0.1) is 0 Å². The lowest BCUT2D eigenvalue weighted by Crippen LogP contribution is -2.40. The molecule has 3 N–H and O–H groups in total. The number of aliphatic hydroxyl groups excluding tert-OH is 1. The van der Waals surface area contributed by atoms with Crippen molar-refractivity contribution < 1.29 is 24.2 Å². The maximum absolute atomic E-state index is 12.3. The van der Waals surface area contributed by atoms with Crippen LogP contribution in [-0.4, -0.2) is 70.7 Å². The van der Waals surface area contributed by atoms with E-state index >= 15 is 0 Å². The number of aliphatic hydroxyl groups is 1. The molecule has 1 aliphatic rings. The average Bonchev–Trinajstić information content (AvgIpc) is 2.96. The Hall–Kier alpha value is -2.13. The van der Waals surface area contributed by atoms with E-state index in [-0.39, 0.29) is 31.4 Å². The minimum absolute atomic E-state index is 0.0542. The number of aromatic amines is 1. The Morgan fingerprint density at radius 1 is 1.36 bits per heavy atom. The number of carbonyl (C=O) groups excluding carboxylic acids is 2. The molecule has 0 saturated heterocycles. The first-order valence-corrected chi connectivity index (χ1v) is 8.32. The second-order valence-electron chi connectivity index (χ2n) is 6.77. The van der Waals surface area contributed by atoms with Crippen LogP contribution in [-0.2, 0) is 22.4 Å². The van der Waals surface area contributed by atoms with Gasteiger partial charge in [0.05, 0.1) is 26.4 Å². The van der Waals surface area contributed by atoms with Gasteiger partial charge in [-0.05, 0) is 20.8 Å². The standard InChI is InChI=1S/C16H26N4O5/c1-16(2,3)25-15(23)20-6-4-12-11(10-20)13(19-18-12)14(22)17-5-8-24-9-7-21/h21H,4-10H2,1-3H3,(H,17,22)(H,18,19). The van der Waals surface area contributed by atoms with Gasteiger partial charge < -0.3 is 24.8 Å². The quantitative estimate of drug-likeness (QED) is 0.638. The van der Waals surface area contributed by atoms with Crippen LogP contribution >= 0.6 is 0 Å². The number of hydrogen-bond acceptors (Lipinski definition) is 6. The zero-order valence-corrected chi connectivity index (χ0v) is 14.9. The van der Waals surface area contributed by atoms with Gasteiger partial charge in [-0.1, -0.05) is 0 Å². The van der Waals surface area contributed by atoms with Crippen molar-refractivity contribution >= 4 is 12.0 Å². The molecule has 9 nitrogen and oxygen atoms in total. The molecule has 2 amide bonds. The molecule has 1 aromatic rings. The highest BCUT2D eigenvalue weighted by molar-refractivity contribution is 5.94. The van der Waals surface area contributed by atoms with Crippen molar-refractivity contribution in [2.24, 2.45) is 0 Å². The largest absolute Gasteiger partial charge is 0.444 e. The summed E-state index contributed by atoms with van der Waals surface area (Å²) in [7, 11) is 0. The molecule has 0 saturated carbocycles. The van der Waals surface area contributed by atoms with Gasteiger partial charge in [0.25, 0.3) is 5.91 Å². The number of aromatic nitrogens is 2. The van der Waals surface area contributed by atoms with Crippen LogP contribution in [0.15, 0.2) is 0 Å². The smallest absolute Gasteiger partial charge is 0.410 e. The van der Waals surface area contributed by atoms with E-state index in [1.165, 1.54) is 0 Å². The number of carbonyl (C=O) groups is 2. The van der Waals surface area contributed by atoms with Crippen molar-refractivity contribution in [3.63, 3.8) is 0 Å². The van der Waals surface area contributed by atoms with Crippen LogP contribution in [0.2, 0.25) is 0 Å². The Morgan fingerprint density at radius 3 is 2.80 bits per heavy atom. The van der Waals surface area contributed by atoms with Gasteiger partial charge in [-0.2, -0.15) is 5.10 Å². The molecule has 0 spiro atoms. The van der Waals surface area contributed by atoms with Crippen molar-refractivity contribution in [2.45, 2.75) is 39.3 Å². The zero-order chi connectivity index (χ0) is 18.4. The topological polar surface area (TPSA) is 117 Å². The third-order valence-electron chi connectivity index (χ3n) is 3.57. The van der Waals surface area contributed by atoms with Crippen LogP contribution in [0.25, 0.3) is 0 Å². The number of nitrogens with zero attached hydrogens (tertiary/aromatic N) is 2. The van der Waals surface area contributed by atoms with Crippen molar-refractivity contribution in [1.82, 2.24) is 20.4 Å². The summed E-state index contributed by atoms with van der Waals surface area (Å²) in [6, 6.07) is 0. The van der Waals surface area contributed by atoms with E-state index in [9.17, 15) is 9.59 Å². The number of hydrogen-bond donors (Lipinski definition) is 3. The predicted molar refractivity (Wildman–Crippen MR) is 89.2 cm³/mol. The molecule has 9 heteroatoms. The van der Waals surface area contributed by atoms with Crippen LogP contribution in [0.3, 0.4) is 0 Å². The molecule has 0 fully saturated rings. The van der Waals surface area contributed by atoms with Crippen LogP contribution in [0, 0.1) is 0 Å². The molecule has 0 aromatic carbocycles. The fourth-order valence-corrected chi connectivity index (χ4v) is 2.45. The molecule has 2 heterocycles. The van der Waals surface area contributed by atoms with Gasteiger partial charge in [0.1, 0.15) is 5.60 Å². The van der Waals surface area contributed by atoms with Crippen molar-refractivity contribution in [3.05, 3.63) is 17.0 Å². The fraction of sp³-hybridized carbons (Fsp3) is 0.688. The van der Waals surface area contributed by atoms with E-state index in [4.69, 9.17) is 14.6 Å². The van der Waals surface area contributed by atoms with Gasteiger partial charge in [-0.3, -0.25) is 9.89 Å². The fourth-order valence-electron chi connectivity index (χ4n) is 2.45. The summed E-state index contributed by atoms with van der Waals surface area (Å²) in [5.74, 6) is -0.323. The second-order valence-corrected chi connectivity index (χ2v) is 6.77. The van der Waals surface area contributed by atoms with Gasteiger partial charge in [0, 0.05) is 30.8 Å². The maximum atomic E-state index is 12.3. The summed E-state index contributed by atoms with van der Waals surface area (Å²) >= 11 is 0. The van der Waals surface area contributed by atoms with Crippen LogP contribution < -0.4 is 5.32 Å². The molecule has 2 rings (SSSR count). The number of amides is 2. The number of rotatable bonds is 6. The molecule has 0 aliphatic carbocycles. The summed E-state index contributed by atoms with van der Waals surface area (Å²) in [6.07, 6.45) is 0.192. The number of fused-ring (bicyclic) bond motifs is 1. The SMILES string of the molecule is CC(C)(C)OC(=O)N1CCc2[nH]nc(C(=O)NCCOCCO)c2C1. The lowest BCUT2D eigenvalue weighted by molar-refractivity contribution is 0.0222. The van der Waals surface area contributed by atoms with Gasteiger partial charge in [0.15, 0.2) is 5.69 Å². The Bertz CT molecular complexity index is 608. The van der Waals surface area contributed by atoms with Gasteiger partial charge in [0.2, 0.25) is 0 Å². The van der Waals surface area contributed by atoms with Crippen LogP contribution in [0.4, 0.5) is 4.79 Å². The minimum Gasteiger partial charge on any atom is -0.444 e. The average molecular weight is 354 g/mol. The molecule has 0 unspecified atom stereocenters. The number of H-pyrrole nitrogens is 1. The lowest BCUT2D eigenvalue weighted by atomic mass is 10.1. The summed E-state index contributed by atoms with van der Waals surface area (Å²) in [6.45, 7) is 7.05. The first kappa shape index (κ1) is 19.2.